The summed E-state index contributed by atoms with van der Waals surface area (Å²) in [5.41, 5.74) is 0.298. The molecule has 1 aliphatic rings. The van der Waals surface area contributed by atoms with Gasteiger partial charge in [-0.2, -0.15) is 11.8 Å². The van der Waals surface area contributed by atoms with Crippen LogP contribution in [0.5, 0.6) is 0 Å². The minimum atomic E-state index is -0.604. The Hall–Kier alpha value is -0.870. The molecule has 19 heavy (non-hydrogen) atoms. The molecule has 1 saturated heterocycles. The Balaban J connectivity index is 2.17. The van der Waals surface area contributed by atoms with Gasteiger partial charge in [0.25, 0.3) is 0 Å². The van der Waals surface area contributed by atoms with Crippen molar-refractivity contribution in [1.29, 1.82) is 0 Å². The zero-order chi connectivity index (χ0) is 13.7. The maximum atomic E-state index is 12.3. The molecule has 1 unspecified atom stereocenters. The number of carbonyl (C=O) groups is 1. The summed E-state index contributed by atoms with van der Waals surface area (Å²) in [5.74, 6) is 1.69. The molecule has 1 heterocycles. The van der Waals surface area contributed by atoms with Crippen LogP contribution < -0.4 is 5.32 Å². The van der Waals surface area contributed by atoms with E-state index in [1.165, 1.54) is 0 Å². The van der Waals surface area contributed by atoms with E-state index in [4.69, 9.17) is 16.3 Å². The lowest BCUT2D eigenvalue weighted by molar-refractivity contribution is -0.148. The molecular weight excluding hydrogens is 282 g/mol. The number of halogens is 1. The van der Waals surface area contributed by atoms with Crippen LogP contribution in [0.4, 0.5) is 5.69 Å². The van der Waals surface area contributed by atoms with E-state index in [-0.39, 0.29) is 5.97 Å². The van der Waals surface area contributed by atoms with Crippen molar-refractivity contribution in [2.45, 2.75) is 25.3 Å². The van der Waals surface area contributed by atoms with Crippen molar-refractivity contribution in [3.8, 4) is 0 Å². The smallest absolute Gasteiger partial charge is 0.332 e. The van der Waals surface area contributed by atoms with Crippen molar-refractivity contribution >= 4 is 35.0 Å². The predicted octanol–water partition coefficient (Wildman–Crippen LogP) is 3.58. The molecule has 3 nitrogen and oxygen atoms in total. The third kappa shape index (κ3) is 3.57. The number of hydrogen-bond acceptors (Lipinski definition) is 4. The van der Waals surface area contributed by atoms with E-state index in [9.17, 15) is 4.79 Å². The van der Waals surface area contributed by atoms with E-state index >= 15 is 0 Å². The minimum absolute atomic E-state index is 0.155. The summed E-state index contributed by atoms with van der Waals surface area (Å²) in [4.78, 5) is 12.3. The van der Waals surface area contributed by atoms with E-state index in [0.29, 0.717) is 11.6 Å². The average molecular weight is 300 g/mol. The van der Waals surface area contributed by atoms with Gasteiger partial charge in [-0.25, -0.2) is 4.79 Å². The van der Waals surface area contributed by atoms with E-state index in [1.807, 2.05) is 31.2 Å². The second kappa shape index (κ2) is 6.53. The zero-order valence-electron chi connectivity index (χ0n) is 10.9. The molecule has 1 atom stereocenters. The average Bonchev–Trinajstić information content (AvgIpc) is 2.43. The van der Waals surface area contributed by atoms with Crippen LogP contribution in [-0.4, -0.2) is 29.6 Å². The summed E-state index contributed by atoms with van der Waals surface area (Å²) in [6.45, 7) is 2.25. The van der Waals surface area contributed by atoms with Gasteiger partial charge in [-0.05, 0) is 49.8 Å². The third-order valence-corrected chi connectivity index (χ3v) is 4.66. The quantitative estimate of drug-likeness (QED) is 0.863. The molecule has 1 aromatic carbocycles. The van der Waals surface area contributed by atoms with Gasteiger partial charge in [-0.15, -0.1) is 0 Å². The number of ether oxygens (including phenoxy) is 1. The van der Waals surface area contributed by atoms with E-state index in [2.05, 4.69) is 5.32 Å². The third-order valence-electron chi connectivity index (χ3n) is 3.13. The van der Waals surface area contributed by atoms with Crippen molar-refractivity contribution in [2.75, 3.05) is 23.4 Å². The molecule has 0 aromatic heterocycles. The second-order valence-corrected chi connectivity index (χ2v) is 6.13. The summed E-state index contributed by atoms with van der Waals surface area (Å²) in [7, 11) is 0. The largest absolute Gasteiger partial charge is 0.464 e. The lowest BCUT2D eigenvalue weighted by Gasteiger charge is -2.36. The van der Waals surface area contributed by atoms with Gasteiger partial charge in [-0.1, -0.05) is 11.6 Å². The first-order valence-electron chi connectivity index (χ1n) is 6.45. The Labute approximate surface area is 123 Å². The highest BCUT2D eigenvalue weighted by Gasteiger charge is 2.41. The van der Waals surface area contributed by atoms with Gasteiger partial charge in [0.15, 0.2) is 0 Å². The molecule has 5 heteroatoms. The minimum Gasteiger partial charge on any atom is -0.464 e. The number of anilines is 1. The molecular formula is C14H18ClNO2S. The molecule has 1 fully saturated rings. The molecule has 0 spiro atoms. The molecule has 104 valence electrons. The highest BCUT2D eigenvalue weighted by atomic mass is 35.5. The molecule has 0 saturated carbocycles. The van der Waals surface area contributed by atoms with Crippen LogP contribution in [0.15, 0.2) is 24.3 Å². The molecule has 0 radical (unpaired) electrons. The van der Waals surface area contributed by atoms with Crippen LogP contribution in [-0.2, 0) is 9.53 Å². The Morgan fingerprint density at radius 2 is 2.21 bits per heavy atom. The Morgan fingerprint density at radius 3 is 2.79 bits per heavy atom. The standard InChI is InChI=1S/C14H18ClNO2S/c1-2-18-13(17)14(8-3-9-19-10-14)16-12-6-4-11(15)5-7-12/h4-7,16H,2-3,8-10H2,1H3. The lowest BCUT2D eigenvalue weighted by Crippen LogP contribution is -2.51. The van der Waals surface area contributed by atoms with Crippen LogP contribution in [0, 0.1) is 0 Å². The number of rotatable bonds is 4. The predicted molar refractivity (Wildman–Crippen MR) is 81.0 cm³/mol. The van der Waals surface area contributed by atoms with E-state index < -0.39 is 5.54 Å². The number of nitrogens with one attached hydrogen (secondary N) is 1. The first-order chi connectivity index (χ1) is 9.16. The van der Waals surface area contributed by atoms with Crippen LogP contribution >= 0.6 is 23.4 Å². The van der Waals surface area contributed by atoms with Gasteiger partial charge < -0.3 is 10.1 Å². The first-order valence-corrected chi connectivity index (χ1v) is 7.98. The van der Waals surface area contributed by atoms with Crippen molar-refractivity contribution in [3.05, 3.63) is 29.3 Å². The maximum Gasteiger partial charge on any atom is 0.332 e. The first kappa shape index (κ1) is 14.5. The monoisotopic (exact) mass is 299 g/mol. The Kier molecular flexibility index (Phi) is 4.99. The second-order valence-electron chi connectivity index (χ2n) is 4.59. The van der Waals surface area contributed by atoms with Crippen molar-refractivity contribution in [1.82, 2.24) is 0 Å². The van der Waals surface area contributed by atoms with Crippen molar-refractivity contribution in [3.63, 3.8) is 0 Å². The van der Waals surface area contributed by atoms with Gasteiger partial charge in [0.2, 0.25) is 0 Å². The van der Waals surface area contributed by atoms with Crippen molar-refractivity contribution in [2.24, 2.45) is 0 Å². The molecule has 1 N–H and O–H groups in total. The van der Waals surface area contributed by atoms with Gasteiger partial charge >= 0.3 is 5.97 Å². The summed E-state index contributed by atoms with van der Waals surface area (Å²) >= 11 is 7.67. The van der Waals surface area contributed by atoms with Crippen LogP contribution in [0.3, 0.4) is 0 Å². The Morgan fingerprint density at radius 1 is 1.47 bits per heavy atom. The fraction of sp³-hybridized carbons (Fsp3) is 0.500. The zero-order valence-corrected chi connectivity index (χ0v) is 12.5. The SMILES string of the molecule is CCOC(=O)C1(Nc2ccc(Cl)cc2)CCCSC1. The van der Waals surface area contributed by atoms with E-state index in [1.54, 1.807) is 11.8 Å². The van der Waals surface area contributed by atoms with Gasteiger partial charge in [0, 0.05) is 16.5 Å². The Bertz CT molecular complexity index is 430. The van der Waals surface area contributed by atoms with Gasteiger partial charge in [0.1, 0.15) is 5.54 Å². The number of carbonyl (C=O) groups excluding carboxylic acids is 1. The molecule has 1 aromatic rings. The van der Waals surface area contributed by atoms with Crippen molar-refractivity contribution < 1.29 is 9.53 Å². The highest BCUT2D eigenvalue weighted by molar-refractivity contribution is 7.99. The number of hydrogen-bond donors (Lipinski definition) is 1. The highest BCUT2D eigenvalue weighted by Crippen LogP contribution is 2.32. The summed E-state index contributed by atoms with van der Waals surface area (Å²) in [6, 6.07) is 7.42. The molecule has 1 aliphatic heterocycles. The van der Waals surface area contributed by atoms with Crippen LogP contribution in [0.2, 0.25) is 5.02 Å². The molecule has 2 rings (SSSR count). The fourth-order valence-corrected chi connectivity index (χ4v) is 3.49. The summed E-state index contributed by atoms with van der Waals surface area (Å²) in [5, 5.41) is 4.04. The number of thioether (sulfide) groups is 1. The van der Waals surface area contributed by atoms with Crippen LogP contribution in [0.25, 0.3) is 0 Å². The van der Waals surface area contributed by atoms with Gasteiger partial charge in [0.05, 0.1) is 6.61 Å². The molecule has 0 bridgehead atoms. The summed E-state index contributed by atoms with van der Waals surface area (Å²) in [6.07, 6.45) is 1.82. The normalized spacial score (nSPS) is 22.8. The topological polar surface area (TPSA) is 38.3 Å². The summed E-state index contributed by atoms with van der Waals surface area (Å²) < 4.78 is 5.24. The van der Waals surface area contributed by atoms with Crippen LogP contribution in [0.1, 0.15) is 19.8 Å². The molecule has 0 amide bonds. The maximum absolute atomic E-state index is 12.3. The molecule has 0 aliphatic carbocycles. The van der Waals surface area contributed by atoms with E-state index in [0.717, 1.165) is 30.0 Å². The van der Waals surface area contributed by atoms with Gasteiger partial charge in [-0.3, -0.25) is 0 Å². The number of benzene rings is 1. The fourth-order valence-electron chi connectivity index (χ4n) is 2.18. The number of esters is 1. The lowest BCUT2D eigenvalue weighted by atomic mass is 9.95.